The number of amides is 1. The summed E-state index contributed by atoms with van der Waals surface area (Å²) in [5, 5.41) is 2.74. The highest BCUT2D eigenvalue weighted by Gasteiger charge is 2.19. The van der Waals surface area contributed by atoms with Gasteiger partial charge in [0.25, 0.3) is 0 Å². The van der Waals surface area contributed by atoms with E-state index in [0.29, 0.717) is 22.6 Å². The molecule has 6 heteroatoms. The van der Waals surface area contributed by atoms with E-state index in [1.54, 1.807) is 18.2 Å². The lowest BCUT2D eigenvalue weighted by Gasteiger charge is -2.16. The van der Waals surface area contributed by atoms with E-state index < -0.39 is 5.97 Å². The molecule has 140 valence electrons. The fraction of sp³-hybridized carbons (Fsp3) is 0.286. The van der Waals surface area contributed by atoms with Crippen molar-refractivity contribution in [1.29, 1.82) is 0 Å². The summed E-state index contributed by atoms with van der Waals surface area (Å²) < 4.78 is 5.23. The number of aryl methyl sites for hydroxylation is 2. The average Bonchev–Trinajstić information content (AvgIpc) is 2.70. The van der Waals surface area contributed by atoms with Crippen molar-refractivity contribution < 1.29 is 19.1 Å². The number of hydrogen-bond acceptors (Lipinski definition) is 5. The lowest BCUT2D eigenvalue weighted by molar-refractivity contribution is -0.113. The number of thioether (sulfide) groups is 1. The Balaban J connectivity index is 1.70. The van der Waals surface area contributed by atoms with E-state index in [0.717, 1.165) is 28.9 Å². The summed E-state index contributed by atoms with van der Waals surface area (Å²) in [6, 6.07) is 10.9. The van der Waals surface area contributed by atoms with E-state index in [4.69, 9.17) is 4.74 Å². The van der Waals surface area contributed by atoms with Crippen LogP contribution in [0.4, 0.5) is 5.69 Å². The molecule has 0 saturated carbocycles. The Bertz CT molecular complexity index is 907. The van der Waals surface area contributed by atoms with Gasteiger partial charge in [0.1, 0.15) is 0 Å². The monoisotopic (exact) mass is 383 g/mol. The second kappa shape index (κ2) is 8.39. The molecule has 1 amide bonds. The fourth-order valence-corrected chi connectivity index (χ4v) is 3.70. The SMILES string of the molecule is CCc1ccc(CC)c(C(=O)COC(=O)c2ccc3c(c2)NC(=O)CS3)c1. The number of esters is 1. The van der Waals surface area contributed by atoms with Gasteiger partial charge in [-0.15, -0.1) is 11.8 Å². The van der Waals surface area contributed by atoms with Gasteiger partial charge in [-0.3, -0.25) is 9.59 Å². The first-order valence-electron chi connectivity index (χ1n) is 8.90. The van der Waals surface area contributed by atoms with Crippen LogP contribution in [0.25, 0.3) is 0 Å². The Kier molecular flexibility index (Phi) is 5.96. The van der Waals surface area contributed by atoms with Crippen LogP contribution < -0.4 is 5.32 Å². The Hall–Kier alpha value is -2.60. The van der Waals surface area contributed by atoms with Gasteiger partial charge in [-0.2, -0.15) is 0 Å². The maximum Gasteiger partial charge on any atom is 0.338 e. The third-order valence-electron chi connectivity index (χ3n) is 4.45. The smallest absolute Gasteiger partial charge is 0.338 e. The maximum absolute atomic E-state index is 12.6. The van der Waals surface area contributed by atoms with Crippen LogP contribution in [-0.2, 0) is 22.4 Å². The minimum Gasteiger partial charge on any atom is -0.454 e. The fourth-order valence-electron chi connectivity index (χ4n) is 2.91. The zero-order valence-electron chi connectivity index (χ0n) is 15.3. The molecular weight excluding hydrogens is 362 g/mol. The van der Waals surface area contributed by atoms with Crippen molar-refractivity contribution >= 4 is 35.1 Å². The molecule has 1 aliphatic heterocycles. The second-order valence-corrected chi connectivity index (χ2v) is 7.26. The van der Waals surface area contributed by atoms with Gasteiger partial charge < -0.3 is 10.1 Å². The zero-order valence-corrected chi connectivity index (χ0v) is 16.2. The highest BCUT2D eigenvalue weighted by molar-refractivity contribution is 8.00. The molecule has 0 unspecified atom stereocenters. The van der Waals surface area contributed by atoms with Gasteiger partial charge in [-0.25, -0.2) is 4.79 Å². The Morgan fingerprint density at radius 2 is 1.93 bits per heavy atom. The number of carbonyl (C=O) groups excluding carboxylic acids is 3. The van der Waals surface area contributed by atoms with Crippen LogP contribution in [0.3, 0.4) is 0 Å². The standard InChI is InChI=1S/C21H21NO4S/c1-3-13-5-6-14(4-2)16(9-13)18(23)11-26-21(25)15-7-8-19-17(10-15)22-20(24)12-27-19/h5-10H,3-4,11-12H2,1-2H3,(H,22,24). The molecule has 0 spiro atoms. The van der Waals surface area contributed by atoms with Crippen molar-refractivity contribution in [1.82, 2.24) is 0 Å². The molecule has 0 aromatic heterocycles. The van der Waals surface area contributed by atoms with Crippen LogP contribution >= 0.6 is 11.8 Å². The van der Waals surface area contributed by atoms with Crippen LogP contribution in [0.5, 0.6) is 0 Å². The third-order valence-corrected chi connectivity index (χ3v) is 5.52. The number of fused-ring (bicyclic) bond motifs is 1. The molecule has 27 heavy (non-hydrogen) atoms. The number of Topliss-reactive ketones (excluding diaryl/α,β-unsaturated/α-hetero) is 1. The van der Waals surface area contributed by atoms with Crippen LogP contribution in [-0.4, -0.2) is 30.0 Å². The predicted octanol–water partition coefficient (Wildman–Crippen LogP) is 3.90. The first-order chi connectivity index (χ1) is 13.0. The van der Waals surface area contributed by atoms with Crippen molar-refractivity contribution in [2.75, 3.05) is 17.7 Å². The third kappa shape index (κ3) is 4.39. The molecule has 1 aliphatic rings. The second-order valence-electron chi connectivity index (χ2n) is 6.25. The summed E-state index contributed by atoms with van der Waals surface area (Å²) >= 11 is 1.42. The van der Waals surface area contributed by atoms with E-state index in [1.165, 1.54) is 11.8 Å². The average molecular weight is 383 g/mol. The number of benzene rings is 2. The summed E-state index contributed by atoms with van der Waals surface area (Å²) in [6.07, 6.45) is 1.57. The molecule has 2 aromatic rings. The molecule has 0 saturated heterocycles. The van der Waals surface area contributed by atoms with Crippen molar-refractivity contribution in [3.05, 3.63) is 58.7 Å². The van der Waals surface area contributed by atoms with Crippen LogP contribution in [0.15, 0.2) is 41.3 Å². The summed E-state index contributed by atoms with van der Waals surface area (Å²) in [6.45, 7) is 3.71. The predicted molar refractivity (Wildman–Crippen MR) is 106 cm³/mol. The van der Waals surface area contributed by atoms with Crippen LogP contribution in [0, 0.1) is 0 Å². The summed E-state index contributed by atoms with van der Waals surface area (Å²) in [4.78, 5) is 37.3. The molecule has 0 bridgehead atoms. The number of ether oxygens (including phenoxy) is 1. The molecular formula is C21H21NO4S. The summed E-state index contributed by atoms with van der Waals surface area (Å²) in [5.41, 5.74) is 3.54. The Labute approximate surface area is 162 Å². The maximum atomic E-state index is 12.6. The van der Waals surface area contributed by atoms with Gasteiger partial charge in [-0.05, 0) is 48.2 Å². The van der Waals surface area contributed by atoms with E-state index in [9.17, 15) is 14.4 Å². The topological polar surface area (TPSA) is 72.5 Å². The summed E-state index contributed by atoms with van der Waals surface area (Å²) in [7, 11) is 0. The number of nitrogens with one attached hydrogen (secondary N) is 1. The van der Waals surface area contributed by atoms with E-state index in [2.05, 4.69) is 5.32 Å². The molecule has 3 rings (SSSR count). The number of rotatable bonds is 6. The van der Waals surface area contributed by atoms with Gasteiger partial charge in [0.15, 0.2) is 6.61 Å². The first kappa shape index (κ1) is 19.2. The molecule has 0 radical (unpaired) electrons. The van der Waals surface area contributed by atoms with Crippen molar-refractivity contribution in [2.45, 2.75) is 31.6 Å². The highest BCUT2D eigenvalue weighted by Crippen LogP contribution is 2.32. The molecule has 5 nitrogen and oxygen atoms in total. The van der Waals surface area contributed by atoms with Crippen molar-refractivity contribution in [3.63, 3.8) is 0 Å². The molecule has 0 aliphatic carbocycles. The first-order valence-corrected chi connectivity index (χ1v) is 9.89. The minimum atomic E-state index is -0.583. The van der Waals surface area contributed by atoms with Crippen molar-refractivity contribution in [2.24, 2.45) is 0 Å². The largest absolute Gasteiger partial charge is 0.454 e. The molecule has 0 atom stereocenters. The molecule has 0 fully saturated rings. The quantitative estimate of drug-likeness (QED) is 0.605. The number of anilines is 1. The molecule has 2 aromatic carbocycles. The van der Waals surface area contributed by atoms with Gasteiger partial charge in [-0.1, -0.05) is 26.0 Å². The zero-order chi connectivity index (χ0) is 19.4. The summed E-state index contributed by atoms with van der Waals surface area (Å²) in [5.74, 6) is -0.531. The van der Waals surface area contributed by atoms with E-state index >= 15 is 0 Å². The van der Waals surface area contributed by atoms with Gasteiger partial charge in [0, 0.05) is 10.5 Å². The Morgan fingerprint density at radius 3 is 2.67 bits per heavy atom. The normalized spacial score (nSPS) is 12.9. The van der Waals surface area contributed by atoms with Gasteiger partial charge in [0.05, 0.1) is 17.0 Å². The molecule has 1 heterocycles. The van der Waals surface area contributed by atoms with E-state index in [1.807, 2.05) is 32.0 Å². The number of ketones is 1. The molecule has 1 N–H and O–H groups in total. The highest BCUT2D eigenvalue weighted by atomic mass is 32.2. The van der Waals surface area contributed by atoms with Gasteiger partial charge >= 0.3 is 5.97 Å². The van der Waals surface area contributed by atoms with E-state index in [-0.39, 0.29) is 18.3 Å². The number of hydrogen-bond donors (Lipinski definition) is 1. The Morgan fingerprint density at radius 1 is 1.11 bits per heavy atom. The van der Waals surface area contributed by atoms with Gasteiger partial charge in [0.2, 0.25) is 11.7 Å². The number of carbonyl (C=O) groups is 3. The minimum absolute atomic E-state index is 0.101. The van der Waals surface area contributed by atoms with Crippen molar-refractivity contribution in [3.8, 4) is 0 Å². The van der Waals surface area contributed by atoms with Crippen LogP contribution in [0.1, 0.15) is 45.7 Å². The lowest BCUT2D eigenvalue weighted by atomic mass is 9.98. The van der Waals surface area contributed by atoms with Crippen LogP contribution in [0.2, 0.25) is 0 Å². The lowest BCUT2D eigenvalue weighted by Crippen LogP contribution is -2.20.